The zero-order valence-corrected chi connectivity index (χ0v) is 15.0. The van der Waals surface area contributed by atoms with E-state index in [9.17, 15) is 14.9 Å². The number of nitro groups is 1. The van der Waals surface area contributed by atoms with Crippen molar-refractivity contribution in [2.75, 3.05) is 0 Å². The van der Waals surface area contributed by atoms with Gasteiger partial charge in [-0.3, -0.25) is 14.9 Å². The number of carbonyl (C=O) groups excluding carboxylic acids is 1. The molecule has 0 aliphatic carbocycles. The third kappa shape index (κ3) is 4.92. The van der Waals surface area contributed by atoms with E-state index in [0.29, 0.717) is 24.1 Å². The van der Waals surface area contributed by atoms with Gasteiger partial charge in [-0.05, 0) is 24.1 Å². The van der Waals surface area contributed by atoms with Crippen molar-refractivity contribution in [1.29, 1.82) is 0 Å². The van der Waals surface area contributed by atoms with E-state index in [1.54, 1.807) is 6.07 Å². The molecule has 138 valence electrons. The van der Waals surface area contributed by atoms with Crippen molar-refractivity contribution in [1.82, 2.24) is 10.3 Å². The van der Waals surface area contributed by atoms with Crippen LogP contribution in [0.25, 0.3) is 11.5 Å². The Kier molecular flexibility index (Phi) is 5.83. The van der Waals surface area contributed by atoms with E-state index >= 15 is 0 Å². The summed E-state index contributed by atoms with van der Waals surface area (Å²) in [5, 5.41) is 13.8. The maximum absolute atomic E-state index is 12.0. The van der Waals surface area contributed by atoms with Gasteiger partial charge in [-0.15, -0.1) is 0 Å². The van der Waals surface area contributed by atoms with Crippen molar-refractivity contribution in [2.45, 2.75) is 19.4 Å². The monoisotopic (exact) mass is 385 g/mol. The zero-order chi connectivity index (χ0) is 19.2. The van der Waals surface area contributed by atoms with E-state index in [-0.39, 0.29) is 29.1 Å². The number of benzene rings is 2. The van der Waals surface area contributed by atoms with Crippen LogP contribution >= 0.6 is 11.6 Å². The number of hydrogen-bond acceptors (Lipinski definition) is 5. The first kappa shape index (κ1) is 18.6. The average Bonchev–Trinajstić information content (AvgIpc) is 3.15. The Morgan fingerprint density at radius 3 is 2.74 bits per heavy atom. The van der Waals surface area contributed by atoms with Gasteiger partial charge in [0.15, 0.2) is 0 Å². The van der Waals surface area contributed by atoms with Gasteiger partial charge in [-0.1, -0.05) is 41.9 Å². The summed E-state index contributed by atoms with van der Waals surface area (Å²) in [7, 11) is 0. The molecule has 1 aromatic heterocycles. The van der Waals surface area contributed by atoms with Gasteiger partial charge >= 0.3 is 0 Å². The quantitative estimate of drug-likeness (QED) is 0.486. The number of carbonyl (C=O) groups is 1. The zero-order valence-electron chi connectivity index (χ0n) is 14.2. The number of oxazole rings is 1. The van der Waals surface area contributed by atoms with E-state index in [4.69, 9.17) is 16.0 Å². The first-order chi connectivity index (χ1) is 13.0. The number of halogens is 1. The van der Waals surface area contributed by atoms with Gasteiger partial charge in [0.05, 0.1) is 17.2 Å². The lowest BCUT2D eigenvalue weighted by molar-refractivity contribution is -0.384. The lowest BCUT2D eigenvalue weighted by atomic mass is 10.1. The summed E-state index contributed by atoms with van der Waals surface area (Å²) in [5.74, 6) is 0.133. The highest BCUT2D eigenvalue weighted by Gasteiger charge is 2.16. The van der Waals surface area contributed by atoms with Crippen molar-refractivity contribution < 1.29 is 14.1 Å². The van der Waals surface area contributed by atoms with Crippen molar-refractivity contribution >= 4 is 23.2 Å². The standard InChI is InChI=1S/C19H16ClN3O4/c20-16-8-7-14(10-17(16)23(25)26)19-22-15(12-27-19)11-21-18(24)9-6-13-4-2-1-3-5-13/h1-5,7-8,10,12H,6,9,11H2,(H,21,24). The van der Waals surface area contributed by atoms with E-state index in [1.165, 1.54) is 18.4 Å². The highest BCUT2D eigenvalue weighted by molar-refractivity contribution is 6.32. The molecule has 0 saturated heterocycles. The van der Waals surface area contributed by atoms with Crippen molar-refractivity contribution in [3.63, 3.8) is 0 Å². The minimum absolute atomic E-state index is 0.0428. The Morgan fingerprint density at radius 2 is 2.00 bits per heavy atom. The molecule has 1 heterocycles. The predicted molar refractivity (Wildman–Crippen MR) is 100 cm³/mol. The molecule has 27 heavy (non-hydrogen) atoms. The molecule has 0 aliphatic heterocycles. The summed E-state index contributed by atoms with van der Waals surface area (Å²) in [6.45, 7) is 0.215. The van der Waals surface area contributed by atoms with Gasteiger partial charge in [0.1, 0.15) is 11.3 Å². The average molecular weight is 386 g/mol. The lowest BCUT2D eigenvalue weighted by Gasteiger charge is -2.03. The largest absolute Gasteiger partial charge is 0.444 e. The topological polar surface area (TPSA) is 98.3 Å². The second-order valence-electron chi connectivity index (χ2n) is 5.83. The highest BCUT2D eigenvalue weighted by Crippen LogP contribution is 2.29. The fourth-order valence-electron chi connectivity index (χ4n) is 2.49. The number of nitro benzene ring substituents is 1. The number of rotatable bonds is 7. The molecule has 0 unspecified atom stereocenters. The van der Waals surface area contributed by atoms with Crippen molar-refractivity contribution in [3.05, 3.63) is 81.2 Å². The molecule has 0 saturated carbocycles. The molecule has 0 atom stereocenters. The number of nitrogens with one attached hydrogen (secondary N) is 1. The first-order valence-electron chi connectivity index (χ1n) is 8.22. The van der Waals surface area contributed by atoms with Gasteiger partial charge < -0.3 is 9.73 Å². The van der Waals surface area contributed by atoms with Gasteiger partial charge in [-0.2, -0.15) is 0 Å². The Labute approximate surface area is 160 Å². The third-order valence-corrected chi connectivity index (χ3v) is 4.21. The summed E-state index contributed by atoms with van der Waals surface area (Å²) in [5.41, 5.74) is 1.84. The van der Waals surface area contributed by atoms with Crippen molar-refractivity contribution in [3.8, 4) is 11.5 Å². The molecule has 0 aliphatic rings. The van der Waals surface area contributed by atoms with Crippen LogP contribution in [0.1, 0.15) is 17.7 Å². The molecule has 0 radical (unpaired) electrons. The molecular weight excluding hydrogens is 370 g/mol. The van der Waals surface area contributed by atoms with Crippen LogP contribution in [0.15, 0.2) is 59.2 Å². The third-order valence-electron chi connectivity index (χ3n) is 3.89. The molecule has 0 bridgehead atoms. The van der Waals surface area contributed by atoms with Crippen LogP contribution < -0.4 is 5.32 Å². The summed E-state index contributed by atoms with van der Waals surface area (Å²) in [6, 6.07) is 14.1. The molecule has 3 aromatic rings. The molecule has 1 N–H and O–H groups in total. The minimum atomic E-state index is -0.567. The molecule has 2 aromatic carbocycles. The molecule has 0 fully saturated rings. The van der Waals surface area contributed by atoms with Crippen LogP contribution in [-0.4, -0.2) is 15.8 Å². The van der Waals surface area contributed by atoms with Crippen molar-refractivity contribution in [2.24, 2.45) is 0 Å². The Morgan fingerprint density at radius 1 is 1.22 bits per heavy atom. The first-order valence-corrected chi connectivity index (χ1v) is 8.60. The summed E-state index contributed by atoms with van der Waals surface area (Å²) >= 11 is 5.80. The number of aromatic nitrogens is 1. The van der Waals surface area contributed by atoms with E-state index in [0.717, 1.165) is 5.56 Å². The second-order valence-corrected chi connectivity index (χ2v) is 6.24. The van der Waals surface area contributed by atoms with Gasteiger partial charge in [0.25, 0.3) is 5.69 Å². The molecule has 1 amide bonds. The maximum Gasteiger partial charge on any atom is 0.288 e. The fourth-order valence-corrected chi connectivity index (χ4v) is 2.67. The Hall–Kier alpha value is -3.19. The number of hydrogen-bond donors (Lipinski definition) is 1. The van der Waals surface area contributed by atoms with E-state index in [1.807, 2.05) is 30.3 Å². The van der Waals surface area contributed by atoms with Crippen LogP contribution in [-0.2, 0) is 17.8 Å². The maximum atomic E-state index is 12.0. The molecular formula is C19H16ClN3O4. The van der Waals surface area contributed by atoms with Crippen LogP contribution in [0.4, 0.5) is 5.69 Å². The molecule has 3 rings (SSSR count). The smallest absolute Gasteiger partial charge is 0.288 e. The fraction of sp³-hybridized carbons (Fsp3) is 0.158. The van der Waals surface area contributed by atoms with Crippen LogP contribution in [0.5, 0.6) is 0 Å². The molecule has 0 spiro atoms. The number of aryl methyl sites for hydroxylation is 1. The predicted octanol–water partition coefficient (Wildman–Crippen LogP) is 4.15. The number of amides is 1. The van der Waals surface area contributed by atoms with E-state index in [2.05, 4.69) is 10.3 Å². The second kappa shape index (κ2) is 8.46. The van der Waals surface area contributed by atoms with Crippen LogP contribution in [0.3, 0.4) is 0 Å². The Balaban J connectivity index is 1.57. The van der Waals surface area contributed by atoms with Gasteiger partial charge in [0.2, 0.25) is 11.8 Å². The summed E-state index contributed by atoms with van der Waals surface area (Å²) < 4.78 is 5.36. The minimum Gasteiger partial charge on any atom is -0.444 e. The lowest BCUT2D eigenvalue weighted by Crippen LogP contribution is -2.23. The number of nitrogens with zero attached hydrogens (tertiary/aromatic N) is 2. The normalized spacial score (nSPS) is 10.6. The van der Waals surface area contributed by atoms with Crippen LogP contribution in [0.2, 0.25) is 5.02 Å². The highest BCUT2D eigenvalue weighted by atomic mass is 35.5. The SMILES string of the molecule is O=C(CCc1ccccc1)NCc1coc(-c2ccc(Cl)c([N+](=O)[O-])c2)n1. The summed E-state index contributed by atoms with van der Waals surface area (Å²) in [6.07, 6.45) is 2.44. The van der Waals surface area contributed by atoms with Gasteiger partial charge in [0, 0.05) is 18.1 Å². The molecule has 7 nitrogen and oxygen atoms in total. The van der Waals surface area contributed by atoms with Crippen LogP contribution in [0, 0.1) is 10.1 Å². The van der Waals surface area contributed by atoms with E-state index < -0.39 is 4.92 Å². The summed E-state index contributed by atoms with van der Waals surface area (Å²) in [4.78, 5) is 26.6. The van der Waals surface area contributed by atoms with Gasteiger partial charge in [-0.25, -0.2) is 4.98 Å². The molecule has 8 heteroatoms. The Bertz CT molecular complexity index is 957.